The molecule has 0 aliphatic carbocycles. The Kier molecular flexibility index (Phi) is 7.65. The lowest BCUT2D eigenvalue weighted by molar-refractivity contribution is 0.0827. The second-order valence-electron chi connectivity index (χ2n) is 9.47. The van der Waals surface area contributed by atoms with Crippen LogP contribution in [0.1, 0.15) is 64.3 Å². The van der Waals surface area contributed by atoms with Crippen LogP contribution in [0.4, 0.5) is 5.00 Å². The van der Waals surface area contributed by atoms with Gasteiger partial charge in [0.05, 0.1) is 10.5 Å². The van der Waals surface area contributed by atoms with Gasteiger partial charge in [-0.1, -0.05) is 13.3 Å². The normalized spacial score (nSPS) is 19.3. The van der Waals surface area contributed by atoms with Crippen molar-refractivity contribution in [3.63, 3.8) is 0 Å². The fourth-order valence-corrected chi connectivity index (χ4v) is 7.76. The third-order valence-electron chi connectivity index (χ3n) is 6.90. The first-order valence-corrected chi connectivity index (χ1v) is 14.4. The molecule has 0 radical (unpaired) electrons. The largest absolute Gasteiger partial charge is 0.345 e. The van der Waals surface area contributed by atoms with Crippen LogP contribution >= 0.6 is 11.3 Å². The number of hydrogen-bond donors (Lipinski definition) is 1. The number of nitrogens with zero attached hydrogens (tertiary/aromatic N) is 3. The van der Waals surface area contributed by atoms with Gasteiger partial charge in [0.1, 0.15) is 5.00 Å². The van der Waals surface area contributed by atoms with E-state index in [1.54, 1.807) is 18.4 Å². The average Bonchev–Trinajstić information content (AvgIpc) is 3.20. The Morgan fingerprint density at radius 3 is 2.49 bits per heavy atom. The van der Waals surface area contributed by atoms with Gasteiger partial charge in [-0.15, -0.1) is 11.3 Å². The predicted octanol–water partition coefficient (Wildman–Crippen LogP) is 3.64. The summed E-state index contributed by atoms with van der Waals surface area (Å²) in [7, 11) is -0.181. The number of amides is 2. The SMILES string of the molecule is CCN1CCc2c(sc(NC(=O)c3ccc(S(=O)(=O)N4CCCCC4C)cc3)c2C(=O)N(C)C)C1. The molecule has 2 aromatic rings. The number of fused-ring (bicyclic) bond motifs is 1. The summed E-state index contributed by atoms with van der Waals surface area (Å²) in [5.41, 5.74) is 1.93. The highest BCUT2D eigenvalue weighted by Gasteiger charge is 2.32. The molecule has 1 N–H and O–H groups in total. The van der Waals surface area contributed by atoms with Crippen molar-refractivity contribution in [2.75, 3.05) is 39.0 Å². The average molecular weight is 519 g/mol. The van der Waals surface area contributed by atoms with Gasteiger partial charge in [0.15, 0.2) is 0 Å². The maximum atomic E-state index is 13.1. The van der Waals surface area contributed by atoms with Crippen LogP contribution in [-0.2, 0) is 23.0 Å². The van der Waals surface area contributed by atoms with E-state index in [1.807, 2.05) is 6.92 Å². The Morgan fingerprint density at radius 1 is 1.14 bits per heavy atom. The van der Waals surface area contributed by atoms with Crippen LogP contribution in [0.5, 0.6) is 0 Å². The van der Waals surface area contributed by atoms with Gasteiger partial charge in [0, 0.05) is 50.2 Å². The van der Waals surface area contributed by atoms with E-state index in [0.717, 1.165) is 55.8 Å². The number of rotatable bonds is 6. The molecule has 190 valence electrons. The predicted molar refractivity (Wildman–Crippen MR) is 139 cm³/mol. The summed E-state index contributed by atoms with van der Waals surface area (Å²) in [5.74, 6) is -0.487. The van der Waals surface area contributed by atoms with Crippen LogP contribution in [0.25, 0.3) is 0 Å². The van der Waals surface area contributed by atoms with Gasteiger partial charge >= 0.3 is 0 Å². The highest BCUT2D eigenvalue weighted by Crippen LogP contribution is 2.38. The molecule has 1 unspecified atom stereocenters. The van der Waals surface area contributed by atoms with Crippen molar-refractivity contribution in [1.82, 2.24) is 14.1 Å². The molecular weight excluding hydrogens is 484 g/mol. The van der Waals surface area contributed by atoms with Crippen molar-refractivity contribution < 1.29 is 18.0 Å². The van der Waals surface area contributed by atoms with E-state index < -0.39 is 10.0 Å². The third-order valence-corrected chi connectivity index (χ3v) is 10.1. The van der Waals surface area contributed by atoms with Gasteiger partial charge in [0.2, 0.25) is 10.0 Å². The fraction of sp³-hybridized carbons (Fsp3) is 0.520. The van der Waals surface area contributed by atoms with Gasteiger partial charge in [-0.05, 0) is 62.6 Å². The molecule has 2 amide bonds. The number of carbonyl (C=O) groups excluding carboxylic acids is 2. The zero-order valence-corrected chi connectivity index (χ0v) is 22.5. The summed E-state index contributed by atoms with van der Waals surface area (Å²) < 4.78 is 27.8. The maximum Gasteiger partial charge on any atom is 0.256 e. The van der Waals surface area contributed by atoms with Crippen molar-refractivity contribution in [2.24, 2.45) is 0 Å². The molecule has 1 fully saturated rings. The highest BCUT2D eigenvalue weighted by atomic mass is 32.2. The Balaban J connectivity index is 1.57. The summed E-state index contributed by atoms with van der Waals surface area (Å²) in [4.78, 5) is 31.3. The zero-order valence-electron chi connectivity index (χ0n) is 20.8. The lowest BCUT2D eigenvalue weighted by Crippen LogP contribution is -2.41. The minimum atomic E-state index is -3.60. The molecule has 4 rings (SSSR count). The fourth-order valence-electron chi connectivity index (χ4n) is 4.78. The summed E-state index contributed by atoms with van der Waals surface area (Å²) in [6.45, 7) is 7.15. The minimum Gasteiger partial charge on any atom is -0.345 e. The molecule has 1 aromatic carbocycles. The first kappa shape index (κ1) is 25.8. The number of benzene rings is 1. The Bertz CT molecular complexity index is 1200. The molecule has 0 spiro atoms. The number of carbonyl (C=O) groups is 2. The number of anilines is 1. The number of hydrogen-bond acceptors (Lipinski definition) is 6. The van der Waals surface area contributed by atoms with Crippen molar-refractivity contribution in [2.45, 2.75) is 57.0 Å². The Morgan fingerprint density at radius 2 is 1.86 bits per heavy atom. The highest BCUT2D eigenvalue weighted by molar-refractivity contribution is 7.89. The third kappa shape index (κ3) is 5.16. The molecule has 1 aromatic heterocycles. The van der Waals surface area contributed by atoms with E-state index in [4.69, 9.17) is 0 Å². The zero-order chi connectivity index (χ0) is 25.3. The molecule has 10 heteroatoms. The van der Waals surface area contributed by atoms with E-state index >= 15 is 0 Å². The van der Waals surface area contributed by atoms with Crippen LogP contribution in [0, 0.1) is 0 Å². The number of nitrogens with one attached hydrogen (secondary N) is 1. The van der Waals surface area contributed by atoms with Crippen molar-refractivity contribution in [3.05, 3.63) is 45.8 Å². The number of thiophene rings is 1. The van der Waals surface area contributed by atoms with E-state index in [1.165, 1.54) is 40.5 Å². The smallest absolute Gasteiger partial charge is 0.256 e. The van der Waals surface area contributed by atoms with E-state index in [2.05, 4.69) is 17.1 Å². The summed E-state index contributed by atoms with van der Waals surface area (Å²) >= 11 is 1.45. The number of likely N-dealkylation sites (N-methyl/N-ethyl adjacent to an activating group) is 1. The Hall–Kier alpha value is -2.27. The minimum absolute atomic E-state index is 0.0297. The molecule has 0 bridgehead atoms. The molecular formula is C25H34N4O4S2. The number of sulfonamides is 1. The maximum absolute atomic E-state index is 13.1. The molecule has 35 heavy (non-hydrogen) atoms. The monoisotopic (exact) mass is 518 g/mol. The van der Waals surface area contributed by atoms with Gasteiger partial charge in [0.25, 0.3) is 11.8 Å². The lowest BCUT2D eigenvalue weighted by atomic mass is 10.0. The lowest BCUT2D eigenvalue weighted by Gasteiger charge is -2.32. The van der Waals surface area contributed by atoms with Gasteiger partial charge in [-0.25, -0.2) is 8.42 Å². The molecule has 3 heterocycles. The molecule has 1 saturated heterocycles. The van der Waals surface area contributed by atoms with E-state index in [-0.39, 0.29) is 22.8 Å². The van der Waals surface area contributed by atoms with Crippen molar-refractivity contribution in [3.8, 4) is 0 Å². The van der Waals surface area contributed by atoms with Gasteiger partial charge in [-0.3, -0.25) is 14.5 Å². The van der Waals surface area contributed by atoms with Crippen molar-refractivity contribution in [1.29, 1.82) is 0 Å². The van der Waals surface area contributed by atoms with Gasteiger partial charge in [-0.2, -0.15) is 4.31 Å². The summed E-state index contributed by atoms with van der Waals surface area (Å²) in [5, 5.41) is 3.49. The van der Waals surface area contributed by atoms with Crippen LogP contribution in [0.15, 0.2) is 29.2 Å². The molecule has 8 nitrogen and oxygen atoms in total. The molecule has 2 aliphatic heterocycles. The molecule has 0 saturated carbocycles. The Labute approximate surface area is 212 Å². The van der Waals surface area contributed by atoms with Crippen LogP contribution in [0.3, 0.4) is 0 Å². The first-order valence-electron chi connectivity index (χ1n) is 12.1. The van der Waals surface area contributed by atoms with Crippen LogP contribution in [-0.4, -0.2) is 74.1 Å². The summed E-state index contributed by atoms with van der Waals surface area (Å²) in [6.07, 6.45) is 3.52. The first-order chi connectivity index (χ1) is 16.6. The molecule has 1 atom stereocenters. The standard InChI is InChI=1S/C25H34N4O4S2/c1-5-28-15-13-20-21(16-28)34-24(22(20)25(31)27(3)4)26-23(30)18-9-11-19(12-10-18)35(32,33)29-14-7-6-8-17(29)2/h9-12,17H,5-8,13-16H2,1-4H3,(H,26,30). The second-order valence-corrected chi connectivity index (χ2v) is 12.5. The topological polar surface area (TPSA) is 90.0 Å². The van der Waals surface area contributed by atoms with E-state index in [9.17, 15) is 18.0 Å². The molecule has 2 aliphatic rings. The quantitative estimate of drug-likeness (QED) is 0.631. The second kappa shape index (κ2) is 10.4. The van der Waals surface area contributed by atoms with Crippen LogP contribution < -0.4 is 5.32 Å². The van der Waals surface area contributed by atoms with E-state index in [0.29, 0.717) is 22.7 Å². The number of piperidine rings is 1. The van der Waals surface area contributed by atoms with Crippen molar-refractivity contribution >= 4 is 38.2 Å². The van der Waals surface area contributed by atoms with Crippen LogP contribution in [0.2, 0.25) is 0 Å². The van der Waals surface area contributed by atoms with Gasteiger partial charge < -0.3 is 10.2 Å². The summed E-state index contributed by atoms with van der Waals surface area (Å²) in [6, 6.07) is 6.04.